The molecule has 0 atom stereocenters. The molecule has 2 heterocycles. The number of nitrogens with zero attached hydrogens (tertiary/aromatic N) is 2. The summed E-state index contributed by atoms with van der Waals surface area (Å²) in [6, 6.07) is 2.07. The predicted octanol–water partition coefficient (Wildman–Crippen LogP) is 3.53. The number of aryl methyl sites for hydroxylation is 1. The Labute approximate surface area is 134 Å². The maximum Gasteiger partial charge on any atom is 0.256 e. The highest BCUT2D eigenvalue weighted by Crippen LogP contribution is 2.20. The van der Waals surface area contributed by atoms with Gasteiger partial charge in [-0.2, -0.15) is 16.4 Å². The third kappa shape index (κ3) is 4.08. The lowest BCUT2D eigenvalue weighted by Gasteiger charge is -2.07. The monoisotopic (exact) mass is 325 g/mol. The minimum absolute atomic E-state index is 0.150. The Morgan fingerprint density at radius 1 is 1.52 bits per heavy atom. The summed E-state index contributed by atoms with van der Waals surface area (Å²) in [7, 11) is 0. The van der Waals surface area contributed by atoms with E-state index in [9.17, 15) is 4.79 Å². The smallest absolute Gasteiger partial charge is 0.256 e. The highest BCUT2D eigenvalue weighted by Gasteiger charge is 2.20. The number of amides is 1. The molecular formula is C15H20ClN3OS. The molecule has 0 unspecified atom stereocenters. The molecule has 0 saturated carbocycles. The molecular weight excluding hydrogens is 306 g/mol. The van der Waals surface area contributed by atoms with Crippen molar-refractivity contribution < 1.29 is 4.79 Å². The van der Waals surface area contributed by atoms with Crippen LogP contribution in [0.2, 0.25) is 5.15 Å². The first kappa shape index (κ1) is 16.0. The van der Waals surface area contributed by atoms with Crippen molar-refractivity contribution in [3.63, 3.8) is 0 Å². The van der Waals surface area contributed by atoms with Gasteiger partial charge in [-0.1, -0.05) is 25.4 Å². The molecule has 2 aromatic heterocycles. The summed E-state index contributed by atoms with van der Waals surface area (Å²) >= 11 is 7.95. The van der Waals surface area contributed by atoms with E-state index in [-0.39, 0.29) is 5.91 Å². The molecule has 0 aliphatic carbocycles. The Morgan fingerprint density at radius 2 is 2.29 bits per heavy atom. The SMILES string of the molecule is Cc1nn(CC(C)C)c(Cl)c1C(=O)NCCc1ccsc1. The molecule has 0 saturated heterocycles. The van der Waals surface area contributed by atoms with Gasteiger partial charge in [0.25, 0.3) is 5.91 Å². The van der Waals surface area contributed by atoms with Gasteiger partial charge in [0.05, 0.1) is 11.3 Å². The topological polar surface area (TPSA) is 46.9 Å². The summed E-state index contributed by atoms with van der Waals surface area (Å²) in [4.78, 5) is 12.3. The van der Waals surface area contributed by atoms with E-state index in [1.807, 2.05) is 12.3 Å². The normalized spacial score (nSPS) is 11.1. The molecule has 21 heavy (non-hydrogen) atoms. The summed E-state index contributed by atoms with van der Waals surface area (Å²) in [6.45, 7) is 7.31. The summed E-state index contributed by atoms with van der Waals surface area (Å²) < 4.78 is 1.70. The van der Waals surface area contributed by atoms with Crippen molar-refractivity contribution >= 4 is 28.8 Å². The van der Waals surface area contributed by atoms with Crippen molar-refractivity contribution in [3.05, 3.63) is 38.8 Å². The van der Waals surface area contributed by atoms with Gasteiger partial charge in [0.2, 0.25) is 0 Å². The lowest BCUT2D eigenvalue weighted by atomic mass is 10.2. The lowest BCUT2D eigenvalue weighted by Crippen LogP contribution is -2.26. The molecule has 0 aliphatic heterocycles. The summed E-state index contributed by atoms with van der Waals surface area (Å²) in [5.74, 6) is 0.277. The van der Waals surface area contributed by atoms with Crippen LogP contribution in [-0.4, -0.2) is 22.2 Å². The molecule has 2 rings (SSSR count). The zero-order valence-corrected chi connectivity index (χ0v) is 14.1. The van der Waals surface area contributed by atoms with Crippen LogP contribution < -0.4 is 5.32 Å². The molecule has 0 aliphatic rings. The lowest BCUT2D eigenvalue weighted by molar-refractivity contribution is 0.0953. The van der Waals surface area contributed by atoms with Crippen molar-refractivity contribution in [2.45, 2.75) is 33.7 Å². The number of carbonyl (C=O) groups is 1. The third-order valence-corrected chi connectivity index (χ3v) is 4.23. The molecule has 6 heteroatoms. The van der Waals surface area contributed by atoms with Gasteiger partial charge >= 0.3 is 0 Å². The minimum Gasteiger partial charge on any atom is -0.352 e. The largest absolute Gasteiger partial charge is 0.352 e. The Morgan fingerprint density at radius 3 is 2.90 bits per heavy atom. The molecule has 4 nitrogen and oxygen atoms in total. The van der Waals surface area contributed by atoms with E-state index in [2.05, 4.69) is 35.7 Å². The quantitative estimate of drug-likeness (QED) is 0.883. The fraction of sp³-hybridized carbons (Fsp3) is 0.467. The van der Waals surface area contributed by atoms with Gasteiger partial charge in [-0.15, -0.1) is 0 Å². The second-order valence-corrected chi connectivity index (χ2v) is 6.60. The predicted molar refractivity (Wildman–Crippen MR) is 87.2 cm³/mol. The van der Waals surface area contributed by atoms with Crippen LogP contribution in [-0.2, 0) is 13.0 Å². The number of aromatic nitrogens is 2. The van der Waals surface area contributed by atoms with Gasteiger partial charge in [-0.3, -0.25) is 9.48 Å². The number of hydrogen-bond donors (Lipinski definition) is 1. The number of halogens is 1. The Hall–Kier alpha value is -1.33. The van der Waals surface area contributed by atoms with Gasteiger partial charge in [-0.25, -0.2) is 0 Å². The summed E-state index contributed by atoms with van der Waals surface area (Å²) in [5, 5.41) is 11.8. The Balaban J connectivity index is 2.00. The number of nitrogens with one attached hydrogen (secondary N) is 1. The molecule has 0 radical (unpaired) electrons. The minimum atomic E-state index is -0.150. The fourth-order valence-electron chi connectivity index (χ4n) is 2.12. The molecule has 2 aromatic rings. The third-order valence-electron chi connectivity index (χ3n) is 3.11. The van der Waals surface area contributed by atoms with Gasteiger partial charge in [-0.05, 0) is 41.7 Å². The molecule has 0 spiro atoms. The van der Waals surface area contributed by atoms with Crippen LogP contribution in [0.15, 0.2) is 16.8 Å². The zero-order valence-electron chi connectivity index (χ0n) is 12.5. The van der Waals surface area contributed by atoms with Crippen molar-refractivity contribution in [2.75, 3.05) is 6.54 Å². The molecule has 1 N–H and O–H groups in total. The van der Waals surface area contributed by atoms with E-state index in [0.29, 0.717) is 35.4 Å². The van der Waals surface area contributed by atoms with E-state index in [1.54, 1.807) is 16.0 Å². The highest BCUT2D eigenvalue weighted by atomic mass is 35.5. The first-order valence-electron chi connectivity index (χ1n) is 7.01. The second kappa shape index (κ2) is 7.09. The van der Waals surface area contributed by atoms with Gasteiger partial charge < -0.3 is 5.32 Å². The number of rotatable bonds is 6. The molecule has 0 fully saturated rings. The summed E-state index contributed by atoms with van der Waals surface area (Å²) in [5.41, 5.74) is 2.40. The average Bonchev–Trinajstić information content (AvgIpc) is 2.98. The second-order valence-electron chi connectivity index (χ2n) is 5.46. The Bertz CT molecular complexity index is 605. The fourth-order valence-corrected chi connectivity index (χ4v) is 3.15. The maximum atomic E-state index is 12.3. The van der Waals surface area contributed by atoms with Crippen LogP contribution in [0.25, 0.3) is 0 Å². The van der Waals surface area contributed by atoms with Gasteiger partial charge in [0.1, 0.15) is 5.15 Å². The molecule has 0 aromatic carbocycles. The van der Waals surface area contributed by atoms with Crippen molar-refractivity contribution in [1.29, 1.82) is 0 Å². The van der Waals surface area contributed by atoms with Crippen LogP contribution in [0.1, 0.15) is 35.5 Å². The van der Waals surface area contributed by atoms with Crippen LogP contribution in [0, 0.1) is 12.8 Å². The number of hydrogen-bond acceptors (Lipinski definition) is 3. The summed E-state index contributed by atoms with van der Waals surface area (Å²) in [6.07, 6.45) is 0.825. The Kier molecular flexibility index (Phi) is 5.42. The van der Waals surface area contributed by atoms with Crippen molar-refractivity contribution in [3.8, 4) is 0 Å². The molecule has 1 amide bonds. The van der Waals surface area contributed by atoms with Crippen LogP contribution in [0.5, 0.6) is 0 Å². The number of thiophene rings is 1. The van der Waals surface area contributed by atoms with E-state index in [4.69, 9.17) is 11.6 Å². The first-order chi connectivity index (χ1) is 9.99. The van der Waals surface area contributed by atoms with E-state index in [0.717, 1.165) is 6.42 Å². The van der Waals surface area contributed by atoms with Crippen molar-refractivity contribution in [1.82, 2.24) is 15.1 Å². The number of carbonyl (C=O) groups excluding carboxylic acids is 1. The van der Waals surface area contributed by atoms with Crippen LogP contribution >= 0.6 is 22.9 Å². The maximum absolute atomic E-state index is 12.3. The molecule has 0 bridgehead atoms. The van der Waals surface area contributed by atoms with Crippen LogP contribution in [0.4, 0.5) is 0 Å². The first-order valence-corrected chi connectivity index (χ1v) is 8.33. The average molecular weight is 326 g/mol. The van der Waals surface area contributed by atoms with Gasteiger partial charge in [0.15, 0.2) is 0 Å². The van der Waals surface area contributed by atoms with Gasteiger partial charge in [0, 0.05) is 13.1 Å². The van der Waals surface area contributed by atoms with E-state index >= 15 is 0 Å². The molecule has 114 valence electrons. The van der Waals surface area contributed by atoms with Crippen molar-refractivity contribution in [2.24, 2.45) is 5.92 Å². The van der Waals surface area contributed by atoms with E-state index < -0.39 is 0 Å². The van der Waals surface area contributed by atoms with E-state index in [1.165, 1.54) is 5.56 Å². The van der Waals surface area contributed by atoms with Crippen LogP contribution in [0.3, 0.4) is 0 Å². The standard InChI is InChI=1S/C15H20ClN3OS/c1-10(2)8-19-14(16)13(11(3)18-19)15(20)17-6-4-12-5-7-21-9-12/h5,7,9-10H,4,6,8H2,1-3H3,(H,17,20). The zero-order chi connectivity index (χ0) is 15.4. The highest BCUT2D eigenvalue weighted by molar-refractivity contribution is 7.07.